The van der Waals surface area contributed by atoms with Gasteiger partial charge in [0.15, 0.2) is 4.34 Å². The van der Waals surface area contributed by atoms with E-state index in [2.05, 4.69) is 30.5 Å². The molecule has 9 nitrogen and oxygen atoms in total. The fourth-order valence-corrected chi connectivity index (χ4v) is 2.92. The van der Waals surface area contributed by atoms with Crippen molar-refractivity contribution in [3.05, 3.63) is 24.5 Å². The summed E-state index contributed by atoms with van der Waals surface area (Å²) in [5, 5.41) is 17.9. The molecule has 3 aromatic heterocycles. The molecular weight excluding hydrogens is 314 g/mol. The van der Waals surface area contributed by atoms with E-state index < -0.39 is 0 Å². The van der Waals surface area contributed by atoms with Crippen LogP contribution in [0.3, 0.4) is 0 Å². The van der Waals surface area contributed by atoms with Crippen LogP contribution in [0.15, 0.2) is 33.5 Å². The number of hydrogen-bond donors (Lipinski definition) is 2. The van der Waals surface area contributed by atoms with E-state index in [1.807, 2.05) is 12.1 Å². The molecule has 0 spiro atoms. The largest absolute Gasteiger partial charge is 0.374 e. The molecule has 0 fully saturated rings. The van der Waals surface area contributed by atoms with Gasteiger partial charge in [-0.3, -0.25) is 4.79 Å². The molecule has 0 saturated carbocycles. The number of thioether (sulfide) groups is 1. The number of hydrogen-bond acceptors (Lipinski definition) is 9. The standard InChI is InChI=1S/C10H9N7O2S2/c11-9-13-14-10(21-9)20-5-6(18)12-7-8(16-19-15-7)17-3-1-2-4-17/h1-4H,5H2,(H2,11,13)(H,12,15,18). The van der Waals surface area contributed by atoms with Gasteiger partial charge < -0.3 is 15.6 Å². The fourth-order valence-electron chi connectivity index (χ4n) is 1.48. The summed E-state index contributed by atoms with van der Waals surface area (Å²) in [6.45, 7) is 0. The lowest BCUT2D eigenvalue weighted by Crippen LogP contribution is -2.15. The zero-order valence-electron chi connectivity index (χ0n) is 10.5. The Morgan fingerprint density at radius 1 is 1.38 bits per heavy atom. The summed E-state index contributed by atoms with van der Waals surface area (Å²) in [4.78, 5) is 11.9. The highest BCUT2D eigenvalue weighted by molar-refractivity contribution is 8.01. The van der Waals surface area contributed by atoms with E-state index in [1.54, 1.807) is 17.0 Å². The van der Waals surface area contributed by atoms with Crippen LogP contribution in [0.1, 0.15) is 0 Å². The summed E-state index contributed by atoms with van der Waals surface area (Å²) in [5.41, 5.74) is 5.47. The van der Waals surface area contributed by atoms with Gasteiger partial charge in [0.05, 0.1) is 5.75 Å². The van der Waals surface area contributed by atoms with Gasteiger partial charge >= 0.3 is 0 Å². The number of nitrogens with two attached hydrogens (primary N) is 1. The van der Waals surface area contributed by atoms with Crippen LogP contribution < -0.4 is 11.1 Å². The first-order valence-electron chi connectivity index (χ1n) is 5.70. The average molecular weight is 323 g/mol. The normalized spacial score (nSPS) is 10.7. The highest BCUT2D eigenvalue weighted by Gasteiger charge is 2.15. The molecule has 108 valence electrons. The molecule has 3 heterocycles. The van der Waals surface area contributed by atoms with E-state index in [0.717, 1.165) is 0 Å². The number of anilines is 2. The number of carbonyl (C=O) groups excluding carboxylic acids is 1. The van der Waals surface area contributed by atoms with Crippen LogP contribution in [0.25, 0.3) is 5.82 Å². The van der Waals surface area contributed by atoms with E-state index >= 15 is 0 Å². The maximum Gasteiger partial charge on any atom is 0.236 e. The van der Waals surface area contributed by atoms with Crippen molar-refractivity contribution in [2.24, 2.45) is 0 Å². The van der Waals surface area contributed by atoms with Crippen LogP contribution >= 0.6 is 23.1 Å². The Labute approximate surface area is 126 Å². The minimum Gasteiger partial charge on any atom is -0.374 e. The smallest absolute Gasteiger partial charge is 0.236 e. The molecule has 0 aliphatic heterocycles. The van der Waals surface area contributed by atoms with E-state index in [1.165, 1.54) is 23.1 Å². The SMILES string of the molecule is Nc1nnc(SCC(=O)Nc2nonc2-n2cccc2)s1. The predicted molar refractivity (Wildman–Crippen MR) is 77.3 cm³/mol. The Bertz CT molecular complexity index is 736. The Hall–Kier alpha value is -2.40. The number of nitrogens with zero attached hydrogens (tertiary/aromatic N) is 5. The van der Waals surface area contributed by atoms with Gasteiger partial charge in [0.1, 0.15) is 0 Å². The van der Waals surface area contributed by atoms with Crippen LogP contribution in [0.5, 0.6) is 0 Å². The first kappa shape index (κ1) is 13.6. The van der Waals surface area contributed by atoms with Crippen molar-refractivity contribution < 1.29 is 9.42 Å². The van der Waals surface area contributed by atoms with Gasteiger partial charge in [-0.05, 0) is 22.4 Å². The zero-order valence-corrected chi connectivity index (χ0v) is 12.1. The summed E-state index contributed by atoms with van der Waals surface area (Å²) in [5.74, 6) is 0.581. The van der Waals surface area contributed by atoms with Crippen molar-refractivity contribution in [1.82, 2.24) is 25.1 Å². The van der Waals surface area contributed by atoms with E-state index in [-0.39, 0.29) is 17.5 Å². The van der Waals surface area contributed by atoms with E-state index in [9.17, 15) is 4.79 Å². The van der Waals surface area contributed by atoms with Gasteiger partial charge in [0, 0.05) is 12.4 Å². The second-order valence-electron chi connectivity index (χ2n) is 3.77. The number of aromatic nitrogens is 5. The molecule has 0 radical (unpaired) electrons. The summed E-state index contributed by atoms with van der Waals surface area (Å²) < 4.78 is 6.97. The second-order valence-corrected chi connectivity index (χ2v) is 6.00. The Morgan fingerprint density at radius 2 is 2.19 bits per heavy atom. The van der Waals surface area contributed by atoms with Crippen LogP contribution in [-0.4, -0.2) is 36.7 Å². The molecule has 0 aromatic carbocycles. The van der Waals surface area contributed by atoms with E-state index in [4.69, 9.17) is 5.73 Å². The van der Waals surface area contributed by atoms with Gasteiger partial charge in [-0.1, -0.05) is 23.1 Å². The summed E-state index contributed by atoms with van der Waals surface area (Å²) in [6.07, 6.45) is 3.54. The van der Waals surface area contributed by atoms with Gasteiger partial charge in [0.25, 0.3) is 0 Å². The average Bonchev–Trinajstić information content (AvgIpc) is 3.16. The number of nitrogens with one attached hydrogen (secondary N) is 1. The lowest BCUT2D eigenvalue weighted by atomic mass is 10.5. The Balaban J connectivity index is 1.62. The van der Waals surface area contributed by atoms with Crippen LogP contribution in [0, 0.1) is 0 Å². The summed E-state index contributed by atoms with van der Waals surface area (Å²) in [6, 6.07) is 3.66. The molecule has 3 rings (SSSR count). The molecular formula is C10H9N7O2S2. The molecule has 0 aliphatic carbocycles. The molecule has 3 aromatic rings. The van der Waals surface area contributed by atoms with Crippen molar-refractivity contribution >= 4 is 40.0 Å². The lowest BCUT2D eigenvalue weighted by molar-refractivity contribution is -0.113. The monoisotopic (exact) mass is 323 g/mol. The minimum atomic E-state index is -0.252. The zero-order chi connectivity index (χ0) is 14.7. The van der Waals surface area contributed by atoms with Crippen LogP contribution in [0.2, 0.25) is 0 Å². The number of rotatable bonds is 5. The quantitative estimate of drug-likeness (QED) is 0.667. The van der Waals surface area contributed by atoms with Gasteiger partial charge in [-0.2, -0.15) is 0 Å². The Kier molecular flexibility index (Phi) is 3.83. The van der Waals surface area contributed by atoms with Crippen LogP contribution in [-0.2, 0) is 4.79 Å². The Morgan fingerprint density at radius 3 is 2.90 bits per heavy atom. The maximum absolute atomic E-state index is 11.9. The van der Waals surface area contributed by atoms with Gasteiger partial charge in [0.2, 0.25) is 22.7 Å². The molecule has 0 saturated heterocycles. The number of carbonyl (C=O) groups is 1. The van der Waals surface area contributed by atoms with E-state index in [0.29, 0.717) is 15.3 Å². The van der Waals surface area contributed by atoms with Crippen molar-refractivity contribution in [2.75, 3.05) is 16.8 Å². The topological polar surface area (TPSA) is 125 Å². The van der Waals surface area contributed by atoms with Crippen molar-refractivity contribution in [3.63, 3.8) is 0 Å². The third kappa shape index (κ3) is 3.20. The van der Waals surface area contributed by atoms with Crippen molar-refractivity contribution in [3.8, 4) is 5.82 Å². The predicted octanol–water partition coefficient (Wildman–Crippen LogP) is 1.02. The van der Waals surface area contributed by atoms with Crippen molar-refractivity contribution in [2.45, 2.75) is 4.34 Å². The third-order valence-corrected chi connectivity index (χ3v) is 4.21. The second kappa shape index (κ2) is 5.93. The van der Waals surface area contributed by atoms with Gasteiger partial charge in [-0.15, -0.1) is 10.2 Å². The third-order valence-electron chi connectivity index (χ3n) is 2.33. The fraction of sp³-hybridized carbons (Fsp3) is 0.100. The molecule has 3 N–H and O–H groups in total. The molecule has 0 atom stereocenters. The highest BCUT2D eigenvalue weighted by atomic mass is 32.2. The number of nitrogen functional groups attached to an aromatic ring is 1. The first-order chi connectivity index (χ1) is 10.2. The molecule has 1 amide bonds. The van der Waals surface area contributed by atoms with Gasteiger partial charge in [-0.25, -0.2) is 4.63 Å². The lowest BCUT2D eigenvalue weighted by Gasteiger charge is -2.02. The molecule has 0 aliphatic rings. The number of amides is 1. The van der Waals surface area contributed by atoms with Crippen molar-refractivity contribution in [1.29, 1.82) is 0 Å². The molecule has 11 heteroatoms. The molecule has 21 heavy (non-hydrogen) atoms. The first-order valence-corrected chi connectivity index (χ1v) is 7.50. The molecule has 0 unspecified atom stereocenters. The summed E-state index contributed by atoms with van der Waals surface area (Å²) in [7, 11) is 0. The summed E-state index contributed by atoms with van der Waals surface area (Å²) >= 11 is 2.47. The highest BCUT2D eigenvalue weighted by Crippen LogP contribution is 2.23. The maximum atomic E-state index is 11.9. The van der Waals surface area contributed by atoms with Crippen LogP contribution in [0.4, 0.5) is 10.9 Å². The molecule has 0 bridgehead atoms. The minimum absolute atomic E-state index is 0.159.